The lowest BCUT2D eigenvalue weighted by atomic mass is 10.2. The summed E-state index contributed by atoms with van der Waals surface area (Å²) < 4.78 is 5.38. The van der Waals surface area contributed by atoms with Gasteiger partial charge in [-0.1, -0.05) is 28.8 Å². The Balaban J connectivity index is 1.81. The maximum Gasteiger partial charge on any atom is 0.316 e. The number of nitro groups is 2. The van der Waals surface area contributed by atoms with Gasteiger partial charge in [0, 0.05) is 23.7 Å². The second-order valence-corrected chi connectivity index (χ2v) is 5.58. The number of aromatic nitrogens is 2. The molecule has 0 fully saturated rings. The topological polar surface area (TPSA) is 137 Å². The Morgan fingerprint density at radius 3 is 2.19 bits per heavy atom. The van der Waals surface area contributed by atoms with E-state index in [4.69, 9.17) is 16.0 Å². The molecular weight excluding hydrogens is 366 g/mol. The number of halogens is 1. The fourth-order valence-electron chi connectivity index (χ4n) is 2.12. The zero-order valence-corrected chi connectivity index (χ0v) is 13.7. The van der Waals surface area contributed by atoms with Crippen LogP contribution in [-0.2, 0) is 6.54 Å². The summed E-state index contributed by atoms with van der Waals surface area (Å²) in [6.45, 7) is 0.383. The molecule has 0 spiro atoms. The van der Waals surface area contributed by atoms with E-state index in [0.29, 0.717) is 11.6 Å². The summed E-state index contributed by atoms with van der Waals surface area (Å²) in [6.07, 6.45) is 0. The molecule has 26 heavy (non-hydrogen) atoms. The normalized spacial score (nSPS) is 10.5. The monoisotopic (exact) mass is 375 g/mol. The van der Waals surface area contributed by atoms with Gasteiger partial charge in [0.1, 0.15) is 0 Å². The zero-order valence-electron chi connectivity index (χ0n) is 13.0. The van der Waals surface area contributed by atoms with Crippen LogP contribution in [0.4, 0.5) is 17.4 Å². The maximum atomic E-state index is 10.9. The van der Waals surface area contributed by atoms with Crippen molar-refractivity contribution in [2.45, 2.75) is 6.54 Å². The van der Waals surface area contributed by atoms with Crippen LogP contribution in [0, 0.1) is 20.2 Å². The van der Waals surface area contributed by atoms with Crippen molar-refractivity contribution in [3.05, 3.63) is 73.3 Å². The van der Waals surface area contributed by atoms with Crippen LogP contribution >= 0.6 is 11.6 Å². The molecule has 0 saturated heterocycles. The van der Waals surface area contributed by atoms with Gasteiger partial charge in [-0.2, -0.15) is 0 Å². The van der Waals surface area contributed by atoms with Gasteiger partial charge in [0.05, 0.1) is 21.5 Å². The number of benzene rings is 2. The first-order chi connectivity index (χ1) is 12.4. The molecule has 3 rings (SSSR count). The Labute approximate surface area is 150 Å². The van der Waals surface area contributed by atoms with E-state index < -0.39 is 21.2 Å². The van der Waals surface area contributed by atoms with Crippen LogP contribution in [0.25, 0.3) is 11.5 Å². The minimum atomic E-state index is -0.730. The highest BCUT2D eigenvalue weighted by Gasteiger charge is 2.20. The second kappa shape index (κ2) is 7.15. The third-order valence-electron chi connectivity index (χ3n) is 3.35. The van der Waals surface area contributed by atoms with Gasteiger partial charge in [0.15, 0.2) is 0 Å². The fourth-order valence-corrected chi connectivity index (χ4v) is 2.25. The van der Waals surface area contributed by atoms with E-state index in [1.54, 1.807) is 12.1 Å². The molecule has 132 valence electrons. The largest absolute Gasteiger partial charge is 0.403 e. The lowest BCUT2D eigenvalue weighted by Crippen LogP contribution is -1.99. The Morgan fingerprint density at radius 1 is 1.00 bits per heavy atom. The standard InChI is InChI=1S/C15H10ClN5O5/c16-11-3-1-9(2-4-11)8-17-15-19-18-14(26-15)10-5-12(20(22)23)7-13(6-10)21(24)25/h1-7H,8H2,(H,17,19). The average Bonchev–Trinajstić information content (AvgIpc) is 3.10. The maximum absolute atomic E-state index is 10.9. The molecule has 0 radical (unpaired) electrons. The lowest BCUT2D eigenvalue weighted by molar-refractivity contribution is -0.394. The van der Waals surface area contributed by atoms with Gasteiger partial charge < -0.3 is 9.73 Å². The number of hydrogen-bond acceptors (Lipinski definition) is 8. The Morgan fingerprint density at radius 2 is 1.62 bits per heavy atom. The van der Waals surface area contributed by atoms with Gasteiger partial charge in [-0.3, -0.25) is 20.2 Å². The molecule has 0 aliphatic heterocycles. The van der Waals surface area contributed by atoms with Crippen LogP contribution in [0.2, 0.25) is 5.02 Å². The van der Waals surface area contributed by atoms with Crippen molar-refractivity contribution in [1.29, 1.82) is 0 Å². The van der Waals surface area contributed by atoms with Gasteiger partial charge in [-0.05, 0) is 17.7 Å². The quantitative estimate of drug-likeness (QED) is 0.507. The molecule has 0 unspecified atom stereocenters. The number of anilines is 1. The summed E-state index contributed by atoms with van der Waals surface area (Å²) in [6, 6.07) is 10.3. The molecule has 3 aromatic rings. The first-order valence-electron chi connectivity index (χ1n) is 7.18. The molecule has 11 heteroatoms. The molecule has 10 nitrogen and oxygen atoms in total. The Bertz CT molecular complexity index is 941. The zero-order chi connectivity index (χ0) is 18.7. The third kappa shape index (κ3) is 3.92. The van der Waals surface area contributed by atoms with E-state index in [0.717, 1.165) is 23.8 Å². The Hall–Kier alpha value is -3.53. The van der Waals surface area contributed by atoms with Crippen molar-refractivity contribution in [2.24, 2.45) is 0 Å². The highest BCUT2D eigenvalue weighted by atomic mass is 35.5. The minimum absolute atomic E-state index is 0.0732. The summed E-state index contributed by atoms with van der Waals surface area (Å²) in [5, 5.41) is 32.9. The Kier molecular flexibility index (Phi) is 4.76. The molecule has 2 aromatic carbocycles. The van der Waals surface area contributed by atoms with E-state index >= 15 is 0 Å². The van der Waals surface area contributed by atoms with E-state index in [1.165, 1.54) is 0 Å². The molecule has 0 bridgehead atoms. The van der Waals surface area contributed by atoms with Crippen LogP contribution in [0.3, 0.4) is 0 Å². The summed E-state index contributed by atoms with van der Waals surface area (Å²) in [5.74, 6) is -0.0737. The predicted molar refractivity (Wildman–Crippen MR) is 91.8 cm³/mol. The van der Waals surface area contributed by atoms with Gasteiger partial charge in [-0.25, -0.2) is 0 Å². The predicted octanol–water partition coefficient (Wildman–Crippen LogP) is 3.82. The van der Waals surface area contributed by atoms with Gasteiger partial charge in [-0.15, -0.1) is 5.10 Å². The third-order valence-corrected chi connectivity index (χ3v) is 3.61. The van der Waals surface area contributed by atoms with E-state index in [1.807, 2.05) is 12.1 Å². The van der Waals surface area contributed by atoms with Crippen LogP contribution in [0.15, 0.2) is 46.9 Å². The van der Waals surface area contributed by atoms with Crippen LogP contribution in [-0.4, -0.2) is 20.0 Å². The van der Waals surface area contributed by atoms with Crippen LogP contribution in [0.1, 0.15) is 5.56 Å². The number of nitrogens with zero attached hydrogens (tertiary/aromatic N) is 4. The molecule has 1 aromatic heterocycles. The fraction of sp³-hybridized carbons (Fsp3) is 0.0667. The smallest absolute Gasteiger partial charge is 0.316 e. The number of nitro benzene ring substituents is 2. The molecule has 1 N–H and O–H groups in total. The van der Waals surface area contributed by atoms with E-state index in [9.17, 15) is 20.2 Å². The highest BCUT2D eigenvalue weighted by molar-refractivity contribution is 6.30. The van der Waals surface area contributed by atoms with Gasteiger partial charge in [0.2, 0.25) is 5.89 Å². The number of rotatable bonds is 6. The summed E-state index contributed by atoms with van der Waals surface area (Å²) in [5.41, 5.74) is 0.115. The summed E-state index contributed by atoms with van der Waals surface area (Å²) >= 11 is 5.81. The average molecular weight is 376 g/mol. The van der Waals surface area contributed by atoms with Crippen molar-refractivity contribution in [2.75, 3.05) is 5.32 Å². The van der Waals surface area contributed by atoms with Crippen molar-refractivity contribution in [3.8, 4) is 11.5 Å². The van der Waals surface area contributed by atoms with Crippen molar-refractivity contribution in [1.82, 2.24) is 10.2 Å². The first-order valence-corrected chi connectivity index (χ1v) is 7.56. The highest BCUT2D eigenvalue weighted by Crippen LogP contribution is 2.29. The van der Waals surface area contributed by atoms with Crippen LogP contribution < -0.4 is 5.32 Å². The molecular formula is C15H10ClN5O5. The molecule has 1 heterocycles. The summed E-state index contributed by atoms with van der Waals surface area (Å²) in [4.78, 5) is 20.4. The van der Waals surface area contributed by atoms with Crippen molar-refractivity contribution >= 4 is 29.0 Å². The van der Waals surface area contributed by atoms with Crippen LogP contribution in [0.5, 0.6) is 0 Å². The van der Waals surface area contributed by atoms with Crippen molar-refractivity contribution < 1.29 is 14.3 Å². The number of nitrogens with one attached hydrogen (secondary N) is 1. The van der Waals surface area contributed by atoms with Gasteiger partial charge >= 0.3 is 6.01 Å². The number of non-ortho nitro benzene ring substituents is 2. The van der Waals surface area contributed by atoms with E-state index in [-0.39, 0.29) is 17.5 Å². The number of hydrogen-bond donors (Lipinski definition) is 1. The molecule has 0 aliphatic rings. The molecule has 0 amide bonds. The second-order valence-electron chi connectivity index (χ2n) is 5.14. The molecule has 0 saturated carbocycles. The van der Waals surface area contributed by atoms with E-state index in [2.05, 4.69) is 15.5 Å². The SMILES string of the molecule is O=[N+]([O-])c1cc(-c2nnc(NCc3ccc(Cl)cc3)o2)cc([N+](=O)[O-])c1. The first kappa shape index (κ1) is 17.3. The minimum Gasteiger partial charge on any atom is -0.403 e. The summed E-state index contributed by atoms with van der Waals surface area (Å²) in [7, 11) is 0. The lowest BCUT2D eigenvalue weighted by Gasteiger charge is -2.01. The molecule has 0 aliphatic carbocycles. The van der Waals surface area contributed by atoms with Crippen molar-refractivity contribution in [3.63, 3.8) is 0 Å². The molecule has 0 atom stereocenters. The van der Waals surface area contributed by atoms with Gasteiger partial charge in [0.25, 0.3) is 11.4 Å².